The lowest BCUT2D eigenvalue weighted by atomic mass is 9.86. The maximum Gasteiger partial charge on any atom is 0.224 e. The number of carbonyl (C=O) groups excluding carboxylic acids is 1. The van der Waals surface area contributed by atoms with Crippen LogP contribution in [0.25, 0.3) is 0 Å². The van der Waals surface area contributed by atoms with Gasteiger partial charge < -0.3 is 9.64 Å². The van der Waals surface area contributed by atoms with Gasteiger partial charge in [-0.1, -0.05) is 18.2 Å². The van der Waals surface area contributed by atoms with E-state index < -0.39 is 0 Å². The van der Waals surface area contributed by atoms with Crippen molar-refractivity contribution >= 4 is 5.91 Å². The number of amides is 1. The minimum Gasteiger partial charge on any atom is -0.384 e. The first kappa shape index (κ1) is 17.4. The predicted molar refractivity (Wildman–Crippen MR) is 91.1 cm³/mol. The van der Waals surface area contributed by atoms with Gasteiger partial charge in [0.05, 0.1) is 13.0 Å². The molecule has 2 heterocycles. The van der Waals surface area contributed by atoms with Crippen LogP contribution in [0.3, 0.4) is 0 Å². The zero-order valence-corrected chi connectivity index (χ0v) is 14.5. The summed E-state index contributed by atoms with van der Waals surface area (Å²) in [6.07, 6.45) is 4.77. The second-order valence-electron chi connectivity index (χ2n) is 7.00. The first-order chi connectivity index (χ1) is 11.6. The Morgan fingerprint density at radius 2 is 2.00 bits per heavy atom. The van der Waals surface area contributed by atoms with E-state index in [2.05, 4.69) is 4.90 Å². The van der Waals surface area contributed by atoms with Crippen molar-refractivity contribution in [1.82, 2.24) is 9.80 Å². The summed E-state index contributed by atoms with van der Waals surface area (Å²) >= 11 is 0. The van der Waals surface area contributed by atoms with Gasteiger partial charge in [-0.3, -0.25) is 9.69 Å². The standard InChI is InChI=1S/C19H27FN2O2/c1-24-13-8-18(23)21-11-4-9-19(15-21)10-5-12-22(19)14-16-6-2-3-7-17(16)20/h2-3,6-7H,4-5,8-15H2,1H3. The van der Waals surface area contributed by atoms with Crippen molar-refractivity contribution in [2.45, 2.75) is 44.2 Å². The molecule has 0 bridgehead atoms. The van der Waals surface area contributed by atoms with Crippen molar-refractivity contribution in [3.05, 3.63) is 35.6 Å². The first-order valence-electron chi connectivity index (χ1n) is 8.90. The number of benzene rings is 1. The molecule has 1 unspecified atom stereocenters. The Labute approximate surface area is 143 Å². The van der Waals surface area contributed by atoms with Crippen molar-refractivity contribution in [2.75, 3.05) is 33.4 Å². The van der Waals surface area contributed by atoms with Crippen LogP contribution >= 0.6 is 0 Å². The number of likely N-dealkylation sites (tertiary alicyclic amines) is 2. The average molecular weight is 334 g/mol. The number of ether oxygens (including phenoxy) is 1. The Morgan fingerprint density at radius 3 is 2.75 bits per heavy atom. The molecule has 24 heavy (non-hydrogen) atoms. The zero-order chi connectivity index (χ0) is 17.0. The molecule has 2 fully saturated rings. The normalized spacial score (nSPS) is 24.7. The zero-order valence-electron chi connectivity index (χ0n) is 14.5. The van der Waals surface area contributed by atoms with Gasteiger partial charge in [0.15, 0.2) is 0 Å². The molecule has 1 aromatic carbocycles. The number of nitrogens with zero attached hydrogens (tertiary/aromatic N) is 2. The molecule has 1 spiro atoms. The minimum absolute atomic E-state index is 0.0171. The van der Waals surface area contributed by atoms with E-state index in [4.69, 9.17) is 4.74 Å². The number of hydrogen-bond acceptors (Lipinski definition) is 3. The smallest absolute Gasteiger partial charge is 0.224 e. The van der Waals surface area contributed by atoms with Crippen LogP contribution in [-0.2, 0) is 16.1 Å². The highest BCUT2D eigenvalue weighted by molar-refractivity contribution is 5.76. The molecule has 0 aromatic heterocycles. The summed E-state index contributed by atoms with van der Waals surface area (Å²) in [4.78, 5) is 16.8. The van der Waals surface area contributed by atoms with Gasteiger partial charge in [-0.2, -0.15) is 0 Å². The molecule has 2 aliphatic rings. The van der Waals surface area contributed by atoms with E-state index in [1.165, 1.54) is 6.07 Å². The highest BCUT2D eigenvalue weighted by Crippen LogP contribution is 2.38. The molecule has 2 aliphatic heterocycles. The van der Waals surface area contributed by atoms with Gasteiger partial charge in [-0.15, -0.1) is 0 Å². The van der Waals surface area contributed by atoms with Crippen LogP contribution in [0.4, 0.5) is 4.39 Å². The van der Waals surface area contributed by atoms with Gasteiger partial charge in [0.25, 0.3) is 0 Å². The monoisotopic (exact) mass is 334 g/mol. The minimum atomic E-state index is -0.136. The van der Waals surface area contributed by atoms with E-state index in [0.29, 0.717) is 19.6 Å². The highest BCUT2D eigenvalue weighted by Gasteiger charge is 2.44. The number of hydrogen-bond donors (Lipinski definition) is 0. The van der Waals surface area contributed by atoms with Gasteiger partial charge in [0.2, 0.25) is 5.91 Å². The van der Waals surface area contributed by atoms with Crippen LogP contribution in [0.15, 0.2) is 24.3 Å². The van der Waals surface area contributed by atoms with Crippen molar-refractivity contribution < 1.29 is 13.9 Å². The van der Waals surface area contributed by atoms with E-state index in [1.807, 2.05) is 17.0 Å². The van der Waals surface area contributed by atoms with Gasteiger partial charge in [0, 0.05) is 37.8 Å². The maximum atomic E-state index is 14.0. The lowest BCUT2D eigenvalue weighted by Crippen LogP contribution is -2.56. The number of carbonyl (C=O) groups is 1. The fourth-order valence-electron chi connectivity index (χ4n) is 4.21. The van der Waals surface area contributed by atoms with Crippen LogP contribution in [-0.4, -0.2) is 54.6 Å². The summed E-state index contributed by atoms with van der Waals surface area (Å²) in [5.74, 6) is 0.0389. The van der Waals surface area contributed by atoms with Crippen molar-refractivity contribution in [2.24, 2.45) is 0 Å². The summed E-state index contributed by atoms with van der Waals surface area (Å²) in [7, 11) is 1.62. The summed E-state index contributed by atoms with van der Waals surface area (Å²) in [5, 5.41) is 0. The molecule has 1 aromatic rings. The summed E-state index contributed by atoms with van der Waals surface area (Å²) in [6.45, 7) is 3.68. The molecule has 0 radical (unpaired) electrons. The lowest BCUT2D eigenvalue weighted by Gasteiger charge is -2.46. The Bertz CT molecular complexity index is 580. The Balaban J connectivity index is 1.70. The third kappa shape index (κ3) is 3.62. The van der Waals surface area contributed by atoms with Crippen LogP contribution in [0, 0.1) is 5.82 Å². The molecular formula is C19H27FN2O2. The molecule has 2 saturated heterocycles. The van der Waals surface area contributed by atoms with Gasteiger partial charge >= 0.3 is 0 Å². The predicted octanol–water partition coefficient (Wildman–Crippen LogP) is 2.82. The van der Waals surface area contributed by atoms with E-state index in [1.54, 1.807) is 13.2 Å². The third-order valence-corrected chi connectivity index (χ3v) is 5.49. The molecule has 3 rings (SSSR count). The Kier molecular flexibility index (Phi) is 5.51. The van der Waals surface area contributed by atoms with Crippen molar-refractivity contribution in [3.8, 4) is 0 Å². The van der Waals surface area contributed by atoms with Gasteiger partial charge in [-0.05, 0) is 38.3 Å². The SMILES string of the molecule is COCCC(=O)N1CCCC2(CCCN2Cc2ccccc2F)C1. The van der Waals surface area contributed by atoms with Crippen LogP contribution in [0.1, 0.15) is 37.7 Å². The molecule has 0 N–H and O–H groups in total. The molecule has 1 amide bonds. The molecular weight excluding hydrogens is 307 g/mol. The van der Waals surface area contributed by atoms with Gasteiger partial charge in [0.1, 0.15) is 5.82 Å². The number of halogens is 1. The summed E-state index contributed by atoms with van der Waals surface area (Å²) < 4.78 is 19.1. The fourth-order valence-corrected chi connectivity index (χ4v) is 4.21. The molecule has 4 nitrogen and oxygen atoms in total. The van der Waals surface area contributed by atoms with Gasteiger partial charge in [-0.25, -0.2) is 4.39 Å². The van der Waals surface area contributed by atoms with Crippen molar-refractivity contribution in [3.63, 3.8) is 0 Å². The second-order valence-corrected chi connectivity index (χ2v) is 7.00. The van der Waals surface area contributed by atoms with Crippen LogP contribution in [0.2, 0.25) is 0 Å². The van der Waals surface area contributed by atoms with Crippen molar-refractivity contribution in [1.29, 1.82) is 0 Å². The van der Waals surface area contributed by atoms with E-state index in [9.17, 15) is 9.18 Å². The van der Waals surface area contributed by atoms with E-state index >= 15 is 0 Å². The second kappa shape index (κ2) is 7.62. The number of methoxy groups -OCH3 is 1. The third-order valence-electron chi connectivity index (χ3n) is 5.49. The quantitative estimate of drug-likeness (QED) is 0.830. The molecule has 0 aliphatic carbocycles. The topological polar surface area (TPSA) is 32.8 Å². The number of piperidine rings is 1. The van der Waals surface area contributed by atoms with Crippen LogP contribution < -0.4 is 0 Å². The lowest BCUT2D eigenvalue weighted by molar-refractivity contribution is -0.136. The van der Waals surface area contributed by atoms with E-state index in [-0.39, 0.29) is 17.3 Å². The van der Waals surface area contributed by atoms with Crippen LogP contribution in [0.5, 0.6) is 0 Å². The highest BCUT2D eigenvalue weighted by atomic mass is 19.1. The Hall–Kier alpha value is -1.46. The first-order valence-corrected chi connectivity index (χ1v) is 8.90. The molecule has 132 valence electrons. The molecule has 1 atom stereocenters. The summed E-state index contributed by atoms with van der Waals surface area (Å²) in [5.41, 5.74) is 0.769. The molecule has 5 heteroatoms. The number of rotatable bonds is 5. The molecule has 0 saturated carbocycles. The largest absolute Gasteiger partial charge is 0.384 e. The maximum absolute atomic E-state index is 14.0. The fraction of sp³-hybridized carbons (Fsp3) is 0.632. The Morgan fingerprint density at radius 1 is 1.25 bits per heavy atom. The average Bonchev–Trinajstić information content (AvgIpc) is 2.96. The summed E-state index contributed by atoms with van der Waals surface area (Å²) in [6, 6.07) is 7.02. The van der Waals surface area contributed by atoms with E-state index in [0.717, 1.165) is 50.9 Å².